The highest BCUT2D eigenvalue weighted by Crippen LogP contribution is 2.36. The lowest BCUT2D eigenvalue weighted by molar-refractivity contribution is -0.175. The Morgan fingerprint density at radius 3 is 2.11 bits per heavy atom. The molecule has 2 rings (SSSR count). The SMILES string of the molecule is CCOC(=O)C1NCc2ccccc2C(=O)C1(C(=O)OCC)C(=O)OCC. The van der Waals surface area contributed by atoms with Crippen LogP contribution < -0.4 is 5.32 Å². The maximum atomic E-state index is 13.5. The van der Waals surface area contributed by atoms with Crippen molar-refractivity contribution >= 4 is 23.7 Å². The molecule has 1 aromatic rings. The molecule has 0 fully saturated rings. The van der Waals surface area contributed by atoms with E-state index in [1.54, 1.807) is 39.0 Å². The number of ether oxygens (including phenoxy) is 3. The monoisotopic (exact) mass is 377 g/mol. The molecule has 1 aliphatic heterocycles. The third-order valence-electron chi connectivity index (χ3n) is 4.27. The van der Waals surface area contributed by atoms with Crippen LogP contribution in [0.3, 0.4) is 0 Å². The molecule has 1 N–H and O–H groups in total. The van der Waals surface area contributed by atoms with Gasteiger partial charge < -0.3 is 14.2 Å². The molecule has 1 aliphatic rings. The zero-order valence-corrected chi connectivity index (χ0v) is 15.6. The summed E-state index contributed by atoms with van der Waals surface area (Å²) < 4.78 is 15.1. The van der Waals surface area contributed by atoms with E-state index >= 15 is 0 Å². The van der Waals surface area contributed by atoms with Crippen LogP contribution in [0.2, 0.25) is 0 Å². The van der Waals surface area contributed by atoms with Crippen molar-refractivity contribution in [3.8, 4) is 0 Å². The van der Waals surface area contributed by atoms with Gasteiger partial charge in [0.1, 0.15) is 6.04 Å². The molecule has 0 spiro atoms. The maximum Gasteiger partial charge on any atom is 0.333 e. The van der Waals surface area contributed by atoms with Crippen LogP contribution in [-0.2, 0) is 35.1 Å². The molecule has 0 saturated heterocycles. The van der Waals surface area contributed by atoms with E-state index in [0.717, 1.165) is 0 Å². The fourth-order valence-electron chi connectivity index (χ4n) is 3.08. The minimum Gasteiger partial charge on any atom is -0.465 e. The molecule has 0 saturated carbocycles. The van der Waals surface area contributed by atoms with Crippen molar-refractivity contribution in [2.24, 2.45) is 5.41 Å². The summed E-state index contributed by atoms with van der Waals surface area (Å²) in [7, 11) is 0. The van der Waals surface area contributed by atoms with Gasteiger partial charge in [-0.3, -0.25) is 24.5 Å². The van der Waals surface area contributed by atoms with E-state index in [1.807, 2.05) is 0 Å². The third kappa shape index (κ3) is 3.57. The largest absolute Gasteiger partial charge is 0.465 e. The fraction of sp³-hybridized carbons (Fsp3) is 0.474. The minimum absolute atomic E-state index is 0.0138. The third-order valence-corrected chi connectivity index (χ3v) is 4.27. The zero-order valence-electron chi connectivity index (χ0n) is 15.6. The van der Waals surface area contributed by atoms with Crippen LogP contribution >= 0.6 is 0 Å². The lowest BCUT2D eigenvalue weighted by Gasteiger charge is -2.32. The van der Waals surface area contributed by atoms with Crippen molar-refractivity contribution in [3.63, 3.8) is 0 Å². The van der Waals surface area contributed by atoms with Crippen LogP contribution in [0.4, 0.5) is 0 Å². The quantitative estimate of drug-likeness (QED) is 0.445. The minimum atomic E-state index is -2.52. The van der Waals surface area contributed by atoms with Gasteiger partial charge >= 0.3 is 17.9 Å². The van der Waals surface area contributed by atoms with E-state index in [4.69, 9.17) is 14.2 Å². The van der Waals surface area contributed by atoms with E-state index in [2.05, 4.69) is 5.32 Å². The highest BCUT2D eigenvalue weighted by molar-refractivity contribution is 6.28. The summed E-state index contributed by atoms with van der Waals surface area (Å²) in [5.74, 6) is -4.04. The molecule has 8 nitrogen and oxygen atoms in total. The van der Waals surface area contributed by atoms with Gasteiger partial charge in [0.15, 0.2) is 5.78 Å². The lowest BCUT2D eigenvalue weighted by atomic mass is 9.74. The maximum absolute atomic E-state index is 13.5. The Bertz CT molecular complexity index is 725. The standard InChI is InChI=1S/C19H23NO7/c1-4-25-16(22)14-19(17(23)26-5-2,18(24)27-6-3)15(21)13-10-8-7-9-12(13)11-20-14/h7-10,14,20H,4-6,11H2,1-3H3. The van der Waals surface area contributed by atoms with Crippen LogP contribution in [0, 0.1) is 5.41 Å². The van der Waals surface area contributed by atoms with Gasteiger partial charge in [-0.15, -0.1) is 0 Å². The number of carbonyl (C=O) groups excluding carboxylic acids is 4. The summed E-state index contributed by atoms with van der Waals surface area (Å²) in [4.78, 5) is 52.0. The van der Waals surface area contributed by atoms with E-state index in [1.165, 1.54) is 6.07 Å². The van der Waals surface area contributed by atoms with Crippen molar-refractivity contribution < 1.29 is 33.4 Å². The summed E-state index contributed by atoms with van der Waals surface area (Å²) in [6, 6.07) is 4.93. The molecule has 0 amide bonds. The molecule has 0 aromatic heterocycles. The average Bonchev–Trinajstić information content (AvgIpc) is 2.78. The lowest BCUT2D eigenvalue weighted by Crippen LogP contribution is -2.63. The first-order chi connectivity index (χ1) is 12.9. The van der Waals surface area contributed by atoms with Crippen molar-refractivity contribution in [3.05, 3.63) is 35.4 Å². The van der Waals surface area contributed by atoms with Gasteiger partial charge in [0, 0.05) is 12.1 Å². The number of rotatable bonds is 6. The Kier molecular flexibility index (Phi) is 6.68. The topological polar surface area (TPSA) is 108 Å². The number of benzene rings is 1. The number of fused-ring (bicyclic) bond motifs is 1. The predicted octanol–water partition coefficient (Wildman–Crippen LogP) is 1.02. The van der Waals surface area contributed by atoms with E-state index in [9.17, 15) is 19.2 Å². The van der Waals surface area contributed by atoms with E-state index < -0.39 is 35.1 Å². The second-order valence-electron chi connectivity index (χ2n) is 5.80. The van der Waals surface area contributed by atoms with E-state index in [-0.39, 0.29) is 31.9 Å². The number of carbonyl (C=O) groups is 4. The van der Waals surface area contributed by atoms with Crippen molar-refractivity contribution in [2.75, 3.05) is 19.8 Å². The fourth-order valence-corrected chi connectivity index (χ4v) is 3.08. The smallest absolute Gasteiger partial charge is 0.333 e. The first-order valence-electron chi connectivity index (χ1n) is 8.82. The molecule has 1 aromatic carbocycles. The Hall–Kier alpha value is -2.74. The average molecular weight is 377 g/mol. The van der Waals surface area contributed by atoms with Gasteiger partial charge in [0.05, 0.1) is 19.8 Å². The molecule has 146 valence electrons. The van der Waals surface area contributed by atoms with Gasteiger partial charge in [-0.25, -0.2) is 0 Å². The Balaban J connectivity index is 2.74. The predicted molar refractivity (Wildman–Crippen MR) is 93.7 cm³/mol. The molecular weight excluding hydrogens is 354 g/mol. The van der Waals surface area contributed by atoms with Crippen LogP contribution in [0.5, 0.6) is 0 Å². The Morgan fingerprint density at radius 2 is 1.56 bits per heavy atom. The molecule has 0 radical (unpaired) electrons. The van der Waals surface area contributed by atoms with Gasteiger partial charge in [0.25, 0.3) is 5.41 Å². The molecule has 8 heteroatoms. The van der Waals surface area contributed by atoms with Gasteiger partial charge in [-0.2, -0.15) is 0 Å². The summed E-state index contributed by atoms with van der Waals surface area (Å²) in [5, 5.41) is 2.83. The van der Waals surface area contributed by atoms with Crippen LogP contribution in [0.1, 0.15) is 36.7 Å². The van der Waals surface area contributed by atoms with Gasteiger partial charge in [0.2, 0.25) is 0 Å². The second-order valence-corrected chi connectivity index (χ2v) is 5.80. The van der Waals surface area contributed by atoms with Crippen molar-refractivity contribution in [1.82, 2.24) is 5.32 Å². The molecule has 1 unspecified atom stereocenters. The van der Waals surface area contributed by atoms with Crippen molar-refractivity contribution in [2.45, 2.75) is 33.4 Å². The molecule has 0 aliphatic carbocycles. The molecule has 27 heavy (non-hydrogen) atoms. The first-order valence-corrected chi connectivity index (χ1v) is 8.82. The number of ketones is 1. The Morgan fingerprint density at radius 1 is 1.00 bits per heavy atom. The molecular formula is C19H23NO7. The summed E-state index contributed by atoms with van der Waals surface area (Å²) >= 11 is 0. The number of hydrogen-bond acceptors (Lipinski definition) is 8. The van der Waals surface area contributed by atoms with E-state index in [0.29, 0.717) is 5.56 Å². The van der Waals surface area contributed by atoms with Crippen LogP contribution in [0.25, 0.3) is 0 Å². The number of esters is 3. The molecule has 1 atom stereocenters. The Labute approximate surface area is 157 Å². The number of hydrogen-bond donors (Lipinski definition) is 1. The van der Waals surface area contributed by atoms with Gasteiger partial charge in [-0.05, 0) is 26.3 Å². The summed E-state index contributed by atoms with van der Waals surface area (Å²) in [6.07, 6.45) is 0. The highest BCUT2D eigenvalue weighted by Gasteiger charge is 2.65. The first kappa shape index (κ1) is 20.6. The van der Waals surface area contributed by atoms with Gasteiger partial charge in [-0.1, -0.05) is 24.3 Å². The molecule has 0 bridgehead atoms. The highest BCUT2D eigenvalue weighted by atomic mass is 16.6. The van der Waals surface area contributed by atoms with Crippen LogP contribution in [-0.4, -0.2) is 49.6 Å². The summed E-state index contributed by atoms with van der Waals surface area (Å²) in [6.45, 7) is 4.61. The second kappa shape index (κ2) is 8.77. The molecule has 1 heterocycles. The summed E-state index contributed by atoms with van der Waals surface area (Å²) in [5.41, 5.74) is -1.82. The zero-order chi connectivity index (χ0) is 20.0. The normalized spacial score (nSPS) is 18.0. The number of Topliss-reactive ketones (excluding diaryl/α,β-unsaturated/α-hetero) is 1. The number of nitrogens with one attached hydrogen (secondary N) is 1. The van der Waals surface area contributed by atoms with Crippen LogP contribution in [0.15, 0.2) is 24.3 Å². The van der Waals surface area contributed by atoms with Crippen molar-refractivity contribution in [1.29, 1.82) is 0 Å².